The molecule has 8 heteroatoms. The van der Waals surface area contributed by atoms with Gasteiger partial charge >= 0.3 is 5.97 Å². The van der Waals surface area contributed by atoms with E-state index in [4.69, 9.17) is 23.2 Å². The van der Waals surface area contributed by atoms with Crippen LogP contribution in [-0.4, -0.2) is 18.1 Å². The molecule has 1 aromatic heterocycles. The summed E-state index contributed by atoms with van der Waals surface area (Å²) >= 11 is 16.6. The summed E-state index contributed by atoms with van der Waals surface area (Å²) in [4.78, 5) is 15.8. The third kappa shape index (κ3) is 3.39. The lowest BCUT2D eigenvalue weighted by Gasteiger charge is -2.08. The zero-order valence-electron chi connectivity index (χ0n) is 9.54. The number of nitrogens with one attached hydrogen (secondary N) is 1. The standard InChI is InChI=1S/C11H7BrCl2N2O2S/c1-18-10(17)8-4-15-11(19-8)16-9-6(13)2-5(12)3-7(9)14/h2-4H,1H3,(H,15,16). The van der Waals surface area contributed by atoms with Gasteiger partial charge in [0.25, 0.3) is 0 Å². The Balaban J connectivity index is 2.27. The molecular weight excluding hydrogens is 375 g/mol. The number of esters is 1. The second-order valence-corrected chi connectivity index (χ2v) is 6.15. The predicted octanol–water partition coefficient (Wildman–Crippen LogP) is 4.74. The van der Waals surface area contributed by atoms with Crippen molar-refractivity contribution in [2.45, 2.75) is 0 Å². The van der Waals surface area contributed by atoms with Crippen molar-refractivity contribution in [1.29, 1.82) is 0 Å². The number of carbonyl (C=O) groups excluding carboxylic acids is 1. The number of nitrogens with zero attached hydrogens (tertiary/aromatic N) is 1. The van der Waals surface area contributed by atoms with E-state index in [1.165, 1.54) is 13.3 Å². The summed E-state index contributed by atoms with van der Waals surface area (Å²) in [5, 5.41) is 4.39. The number of hydrogen-bond donors (Lipinski definition) is 1. The minimum Gasteiger partial charge on any atom is -0.465 e. The number of halogens is 3. The van der Waals surface area contributed by atoms with Gasteiger partial charge in [-0.2, -0.15) is 0 Å². The van der Waals surface area contributed by atoms with Gasteiger partial charge in [0, 0.05) is 4.47 Å². The minimum atomic E-state index is -0.432. The van der Waals surface area contributed by atoms with Crippen LogP contribution in [-0.2, 0) is 4.74 Å². The van der Waals surface area contributed by atoms with Crippen molar-refractivity contribution < 1.29 is 9.53 Å². The highest BCUT2D eigenvalue weighted by atomic mass is 79.9. The third-order valence-corrected chi connectivity index (χ3v) is 4.08. The van der Waals surface area contributed by atoms with Gasteiger partial charge < -0.3 is 10.1 Å². The molecule has 0 saturated carbocycles. The van der Waals surface area contributed by atoms with Crippen molar-refractivity contribution >= 4 is 67.3 Å². The van der Waals surface area contributed by atoms with Gasteiger partial charge in [-0.1, -0.05) is 50.5 Å². The first-order valence-electron chi connectivity index (χ1n) is 4.97. The molecule has 0 aliphatic carbocycles. The van der Waals surface area contributed by atoms with E-state index in [9.17, 15) is 4.79 Å². The van der Waals surface area contributed by atoms with Gasteiger partial charge in [-0.15, -0.1) is 0 Å². The van der Waals surface area contributed by atoms with Gasteiger partial charge in [-0.05, 0) is 12.1 Å². The summed E-state index contributed by atoms with van der Waals surface area (Å²) in [6, 6.07) is 3.43. The molecule has 100 valence electrons. The van der Waals surface area contributed by atoms with E-state index in [1.807, 2.05) is 0 Å². The fourth-order valence-corrected chi connectivity index (χ4v) is 3.34. The van der Waals surface area contributed by atoms with Crippen LogP contribution in [0.5, 0.6) is 0 Å². The maximum Gasteiger partial charge on any atom is 0.349 e. The van der Waals surface area contributed by atoms with E-state index < -0.39 is 5.97 Å². The molecule has 1 N–H and O–H groups in total. The molecule has 0 saturated heterocycles. The Morgan fingerprint density at radius 1 is 1.42 bits per heavy atom. The number of ether oxygens (including phenoxy) is 1. The Kier molecular flexibility index (Phi) is 4.67. The van der Waals surface area contributed by atoms with E-state index >= 15 is 0 Å². The van der Waals surface area contributed by atoms with Gasteiger partial charge in [0.2, 0.25) is 0 Å². The van der Waals surface area contributed by atoms with Crippen molar-refractivity contribution in [2.75, 3.05) is 12.4 Å². The molecule has 0 radical (unpaired) electrons. The molecule has 0 amide bonds. The number of hydrogen-bond acceptors (Lipinski definition) is 5. The van der Waals surface area contributed by atoms with Gasteiger partial charge in [0.1, 0.15) is 4.88 Å². The number of thiazole rings is 1. The second-order valence-electron chi connectivity index (χ2n) is 3.39. The highest BCUT2D eigenvalue weighted by Gasteiger charge is 2.13. The lowest BCUT2D eigenvalue weighted by atomic mass is 10.3. The average molecular weight is 382 g/mol. The van der Waals surface area contributed by atoms with Crippen LogP contribution in [0.15, 0.2) is 22.8 Å². The van der Waals surface area contributed by atoms with E-state index in [1.54, 1.807) is 12.1 Å². The molecule has 1 aromatic carbocycles. The van der Waals surface area contributed by atoms with Gasteiger partial charge in [-0.3, -0.25) is 0 Å². The van der Waals surface area contributed by atoms with Crippen LogP contribution in [0.2, 0.25) is 10.0 Å². The van der Waals surface area contributed by atoms with Crippen molar-refractivity contribution in [2.24, 2.45) is 0 Å². The number of carbonyl (C=O) groups is 1. The second kappa shape index (κ2) is 6.09. The molecule has 0 spiro atoms. The van der Waals surface area contributed by atoms with Gasteiger partial charge in [-0.25, -0.2) is 9.78 Å². The molecule has 19 heavy (non-hydrogen) atoms. The fraction of sp³-hybridized carbons (Fsp3) is 0.0909. The summed E-state index contributed by atoms with van der Waals surface area (Å²) in [5.41, 5.74) is 0.539. The monoisotopic (exact) mass is 380 g/mol. The highest BCUT2D eigenvalue weighted by Crippen LogP contribution is 2.36. The summed E-state index contributed by atoms with van der Waals surface area (Å²) in [5.74, 6) is -0.432. The van der Waals surface area contributed by atoms with Crippen LogP contribution in [0.25, 0.3) is 0 Å². The molecule has 2 rings (SSSR count). The van der Waals surface area contributed by atoms with Crippen molar-refractivity contribution in [3.8, 4) is 0 Å². The normalized spacial score (nSPS) is 10.3. The SMILES string of the molecule is COC(=O)c1cnc(Nc2c(Cl)cc(Br)cc2Cl)s1. The molecule has 1 heterocycles. The first kappa shape index (κ1) is 14.6. The van der Waals surface area contributed by atoms with Crippen LogP contribution < -0.4 is 5.32 Å². The van der Waals surface area contributed by atoms with Crippen LogP contribution in [0.1, 0.15) is 9.67 Å². The quantitative estimate of drug-likeness (QED) is 0.780. The maximum atomic E-state index is 11.3. The predicted molar refractivity (Wildman–Crippen MR) is 80.9 cm³/mol. The molecule has 0 bridgehead atoms. The summed E-state index contributed by atoms with van der Waals surface area (Å²) < 4.78 is 5.39. The minimum absolute atomic E-state index is 0.398. The third-order valence-electron chi connectivity index (χ3n) is 2.13. The summed E-state index contributed by atoms with van der Waals surface area (Å²) in [6.07, 6.45) is 1.43. The summed E-state index contributed by atoms with van der Waals surface area (Å²) in [6.45, 7) is 0. The zero-order chi connectivity index (χ0) is 14.0. The number of methoxy groups -OCH3 is 1. The molecule has 2 aromatic rings. The molecule has 0 fully saturated rings. The lowest BCUT2D eigenvalue weighted by molar-refractivity contribution is 0.0606. The van der Waals surface area contributed by atoms with Gasteiger partial charge in [0.15, 0.2) is 5.13 Å². The smallest absolute Gasteiger partial charge is 0.349 e. The Morgan fingerprint density at radius 2 is 2.05 bits per heavy atom. The van der Waals surface area contributed by atoms with E-state index in [2.05, 4.69) is 31.0 Å². The van der Waals surface area contributed by atoms with E-state index in [-0.39, 0.29) is 0 Å². The number of benzene rings is 1. The molecule has 4 nitrogen and oxygen atoms in total. The van der Waals surface area contributed by atoms with Crippen molar-refractivity contribution in [1.82, 2.24) is 4.98 Å². The van der Waals surface area contributed by atoms with Crippen LogP contribution >= 0.6 is 50.5 Å². The molecule has 0 atom stereocenters. The van der Waals surface area contributed by atoms with Crippen LogP contribution in [0.4, 0.5) is 10.8 Å². The zero-order valence-corrected chi connectivity index (χ0v) is 13.5. The van der Waals surface area contributed by atoms with E-state index in [0.29, 0.717) is 25.7 Å². The Bertz CT molecular complexity index is 610. The Hall–Kier alpha value is -0.820. The van der Waals surface area contributed by atoms with Gasteiger partial charge in [0.05, 0.1) is 29.0 Å². The number of rotatable bonds is 3. The van der Waals surface area contributed by atoms with Crippen LogP contribution in [0, 0.1) is 0 Å². The number of anilines is 2. The van der Waals surface area contributed by atoms with Crippen molar-refractivity contribution in [3.63, 3.8) is 0 Å². The lowest BCUT2D eigenvalue weighted by Crippen LogP contribution is -1.96. The Morgan fingerprint density at radius 3 is 2.63 bits per heavy atom. The topological polar surface area (TPSA) is 51.2 Å². The molecular formula is C11H7BrCl2N2O2S. The first-order valence-corrected chi connectivity index (χ1v) is 7.33. The van der Waals surface area contributed by atoms with E-state index in [0.717, 1.165) is 15.8 Å². The largest absolute Gasteiger partial charge is 0.465 e. The molecule has 0 aliphatic heterocycles. The molecule has 0 unspecified atom stereocenters. The first-order chi connectivity index (χ1) is 9.01. The van der Waals surface area contributed by atoms with Crippen molar-refractivity contribution in [3.05, 3.63) is 37.7 Å². The summed E-state index contributed by atoms with van der Waals surface area (Å²) in [7, 11) is 1.32. The van der Waals surface area contributed by atoms with Crippen LogP contribution in [0.3, 0.4) is 0 Å². The Labute approximate surface area is 131 Å². The average Bonchev–Trinajstić information content (AvgIpc) is 2.81. The maximum absolute atomic E-state index is 11.3. The fourth-order valence-electron chi connectivity index (χ4n) is 1.30. The highest BCUT2D eigenvalue weighted by molar-refractivity contribution is 9.10. The number of aromatic nitrogens is 1. The molecule has 0 aliphatic rings.